The second-order valence-corrected chi connectivity index (χ2v) is 5.67. The average molecular weight is 335 g/mol. The van der Waals surface area contributed by atoms with E-state index in [0.29, 0.717) is 17.8 Å². The van der Waals surface area contributed by atoms with Crippen LogP contribution in [0.5, 0.6) is 0 Å². The van der Waals surface area contributed by atoms with Crippen LogP contribution >= 0.6 is 0 Å². The Labute approximate surface area is 147 Å². The third-order valence-electron chi connectivity index (χ3n) is 3.81. The van der Waals surface area contributed by atoms with Crippen molar-refractivity contribution in [3.63, 3.8) is 0 Å². The predicted molar refractivity (Wildman–Crippen MR) is 97.0 cm³/mol. The molecule has 0 aliphatic rings. The Bertz CT molecular complexity index is 766. The molecule has 0 radical (unpaired) electrons. The summed E-state index contributed by atoms with van der Waals surface area (Å²) in [6.45, 7) is 2.29. The first-order valence-corrected chi connectivity index (χ1v) is 8.19. The van der Waals surface area contributed by atoms with Crippen molar-refractivity contribution in [3.8, 4) is 6.07 Å². The fraction of sp³-hybridized carbons (Fsp3) is 0.250. The molecule has 0 bridgehead atoms. The molecule has 2 aromatic carbocycles. The number of hydrogen-bond donors (Lipinski definition) is 1. The van der Waals surface area contributed by atoms with Crippen LogP contribution in [-0.4, -0.2) is 24.9 Å². The first kappa shape index (κ1) is 18.2. The lowest BCUT2D eigenvalue weighted by molar-refractivity contribution is -0.121. The summed E-state index contributed by atoms with van der Waals surface area (Å²) >= 11 is 0. The van der Waals surface area contributed by atoms with Crippen LogP contribution in [0.1, 0.15) is 24.5 Å². The molecule has 2 aromatic rings. The number of anilines is 1. The molecule has 0 unspecified atom stereocenters. The van der Waals surface area contributed by atoms with E-state index >= 15 is 0 Å². The highest BCUT2D eigenvalue weighted by Crippen LogP contribution is 2.16. The van der Waals surface area contributed by atoms with Gasteiger partial charge in [0.15, 0.2) is 0 Å². The molecular weight excluding hydrogens is 314 g/mol. The van der Waals surface area contributed by atoms with Crippen LogP contribution in [0.3, 0.4) is 0 Å². The minimum absolute atomic E-state index is 0.0985. The van der Waals surface area contributed by atoms with Crippen molar-refractivity contribution in [1.82, 2.24) is 5.32 Å². The fourth-order valence-electron chi connectivity index (χ4n) is 2.50. The molecular formula is C20H21N3O2. The van der Waals surface area contributed by atoms with Crippen molar-refractivity contribution in [3.05, 3.63) is 65.7 Å². The van der Waals surface area contributed by atoms with Gasteiger partial charge in [0.1, 0.15) is 0 Å². The topological polar surface area (TPSA) is 73.2 Å². The molecule has 0 fully saturated rings. The van der Waals surface area contributed by atoms with Crippen LogP contribution in [-0.2, 0) is 16.0 Å². The van der Waals surface area contributed by atoms with Crippen molar-refractivity contribution >= 4 is 17.5 Å². The Morgan fingerprint density at radius 2 is 1.88 bits per heavy atom. The molecule has 0 aliphatic carbocycles. The van der Waals surface area contributed by atoms with Gasteiger partial charge in [-0.1, -0.05) is 36.4 Å². The molecule has 0 spiro atoms. The summed E-state index contributed by atoms with van der Waals surface area (Å²) in [5.74, 6) is -0.259. The highest BCUT2D eigenvalue weighted by Gasteiger charge is 2.13. The Hall–Kier alpha value is -3.13. The van der Waals surface area contributed by atoms with Crippen LogP contribution in [0.2, 0.25) is 0 Å². The van der Waals surface area contributed by atoms with Gasteiger partial charge >= 0.3 is 0 Å². The SMILES string of the molecule is CC(=O)N(CCC(=O)NCCc1ccccc1)c1cccc(C#N)c1. The van der Waals surface area contributed by atoms with Gasteiger partial charge in [0.25, 0.3) is 0 Å². The molecule has 128 valence electrons. The number of benzene rings is 2. The van der Waals surface area contributed by atoms with Crippen molar-refractivity contribution in [2.24, 2.45) is 0 Å². The number of hydrogen-bond acceptors (Lipinski definition) is 3. The maximum absolute atomic E-state index is 12.0. The number of nitrogens with one attached hydrogen (secondary N) is 1. The van der Waals surface area contributed by atoms with Crippen molar-refractivity contribution < 1.29 is 9.59 Å². The molecule has 0 saturated carbocycles. The molecule has 5 heteroatoms. The molecule has 0 saturated heterocycles. The Balaban J connectivity index is 1.85. The second-order valence-electron chi connectivity index (χ2n) is 5.67. The molecule has 25 heavy (non-hydrogen) atoms. The lowest BCUT2D eigenvalue weighted by Gasteiger charge is -2.21. The zero-order chi connectivity index (χ0) is 18.1. The maximum atomic E-state index is 12.0. The summed E-state index contributed by atoms with van der Waals surface area (Å²) in [7, 11) is 0. The predicted octanol–water partition coefficient (Wildman–Crippen LogP) is 2.66. The first-order chi connectivity index (χ1) is 12.1. The molecule has 0 heterocycles. The standard InChI is InChI=1S/C20H21N3O2/c1-16(24)23(19-9-5-8-18(14-19)15-21)13-11-20(25)22-12-10-17-6-3-2-4-7-17/h2-9,14H,10-13H2,1H3,(H,22,25). The Morgan fingerprint density at radius 3 is 2.56 bits per heavy atom. The molecule has 0 aliphatic heterocycles. The number of rotatable bonds is 7. The number of carbonyl (C=O) groups is 2. The Morgan fingerprint density at radius 1 is 1.12 bits per heavy atom. The van der Waals surface area contributed by atoms with Gasteiger partial charge < -0.3 is 10.2 Å². The third kappa shape index (κ3) is 5.78. The highest BCUT2D eigenvalue weighted by atomic mass is 16.2. The quantitative estimate of drug-likeness (QED) is 0.845. The number of carbonyl (C=O) groups excluding carboxylic acids is 2. The zero-order valence-electron chi connectivity index (χ0n) is 14.2. The summed E-state index contributed by atoms with van der Waals surface area (Å²) in [6, 6.07) is 18.8. The Kier molecular flexibility index (Phi) is 6.73. The van der Waals surface area contributed by atoms with Gasteiger partial charge in [-0.15, -0.1) is 0 Å². The van der Waals surface area contributed by atoms with Crippen molar-refractivity contribution in [2.45, 2.75) is 19.8 Å². The summed E-state index contributed by atoms with van der Waals surface area (Å²) in [4.78, 5) is 25.4. The molecule has 1 N–H and O–H groups in total. The number of nitriles is 1. The number of nitrogens with zero attached hydrogens (tertiary/aromatic N) is 2. The summed E-state index contributed by atoms with van der Waals surface area (Å²) in [5.41, 5.74) is 2.28. The van der Waals surface area contributed by atoms with Crippen LogP contribution in [0.4, 0.5) is 5.69 Å². The van der Waals surface area contributed by atoms with Gasteiger partial charge in [0.05, 0.1) is 11.6 Å². The lowest BCUT2D eigenvalue weighted by Crippen LogP contribution is -2.34. The summed E-state index contributed by atoms with van der Waals surface area (Å²) in [5, 5.41) is 11.8. The van der Waals surface area contributed by atoms with E-state index in [0.717, 1.165) is 6.42 Å². The van der Waals surface area contributed by atoms with Gasteiger partial charge in [-0.05, 0) is 30.2 Å². The zero-order valence-corrected chi connectivity index (χ0v) is 14.2. The monoisotopic (exact) mass is 335 g/mol. The smallest absolute Gasteiger partial charge is 0.223 e. The van der Waals surface area contributed by atoms with Crippen LogP contribution in [0.15, 0.2) is 54.6 Å². The second kappa shape index (κ2) is 9.24. The minimum atomic E-state index is -0.160. The number of amides is 2. The summed E-state index contributed by atoms with van der Waals surface area (Å²) in [6.07, 6.45) is 0.984. The fourth-order valence-corrected chi connectivity index (χ4v) is 2.50. The van der Waals surface area contributed by atoms with Gasteiger partial charge in [0, 0.05) is 32.1 Å². The van der Waals surface area contributed by atoms with E-state index in [1.54, 1.807) is 24.3 Å². The molecule has 2 amide bonds. The molecule has 0 atom stereocenters. The van der Waals surface area contributed by atoms with Gasteiger partial charge in [-0.3, -0.25) is 9.59 Å². The van der Waals surface area contributed by atoms with Gasteiger partial charge in [-0.2, -0.15) is 5.26 Å². The van der Waals surface area contributed by atoms with E-state index in [1.807, 2.05) is 30.3 Å². The molecule has 0 aromatic heterocycles. The van der Waals surface area contributed by atoms with E-state index in [4.69, 9.17) is 5.26 Å². The van der Waals surface area contributed by atoms with E-state index in [2.05, 4.69) is 11.4 Å². The average Bonchev–Trinajstić information content (AvgIpc) is 2.62. The van der Waals surface area contributed by atoms with E-state index in [-0.39, 0.29) is 24.8 Å². The minimum Gasteiger partial charge on any atom is -0.356 e. The molecule has 5 nitrogen and oxygen atoms in total. The van der Waals surface area contributed by atoms with Crippen LogP contribution in [0.25, 0.3) is 0 Å². The highest BCUT2D eigenvalue weighted by molar-refractivity contribution is 5.92. The van der Waals surface area contributed by atoms with Crippen LogP contribution < -0.4 is 10.2 Å². The van der Waals surface area contributed by atoms with Crippen molar-refractivity contribution in [1.29, 1.82) is 5.26 Å². The molecule has 2 rings (SSSR count). The van der Waals surface area contributed by atoms with E-state index < -0.39 is 0 Å². The lowest BCUT2D eigenvalue weighted by atomic mass is 10.1. The summed E-state index contributed by atoms with van der Waals surface area (Å²) < 4.78 is 0. The maximum Gasteiger partial charge on any atom is 0.223 e. The van der Waals surface area contributed by atoms with E-state index in [9.17, 15) is 9.59 Å². The van der Waals surface area contributed by atoms with Gasteiger partial charge in [-0.25, -0.2) is 0 Å². The van der Waals surface area contributed by atoms with E-state index in [1.165, 1.54) is 17.4 Å². The largest absolute Gasteiger partial charge is 0.356 e. The third-order valence-corrected chi connectivity index (χ3v) is 3.81. The van der Waals surface area contributed by atoms with Crippen molar-refractivity contribution in [2.75, 3.05) is 18.0 Å². The van der Waals surface area contributed by atoms with Gasteiger partial charge in [0.2, 0.25) is 11.8 Å². The van der Waals surface area contributed by atoms with Crippen LogP contribution in [0, 0.1) is 11.3 Å². The normalized spacial score (nSPS) is 9.92. The first-order valence-electron chi connectivity index (χ1n) is 8.19.